The zero-order valence-corrected chi connectivity index (χ0v) is 10.2. The van der Waals surface area contributed by atoms with Crippen molar-refractivity contribution in [3.05, 3.63) is 11.8 Å². The Morgan fingerprint density at radius 2 is 2.47 bits per heavy atom. The van der Waals surface area contributed by atoms with Crippen molar-refractivity contribution in [3.8, 4) is 0 Å². The molecule has 4 N–H and O–H groups in total. The Kier molecular flexibility index (Phi) is 3.39. The lowest BCUT2D eigenvalue weighted by Crippen LogP contribution is -2.28. The van der Waals surface area contributed by atoms with E-state index in [0.29, 0.717) is 11.4 Å². The first kappa shape index (κ1) is 12.0. The van der Waals surface area contributed by atoms with E-state index >= 15 is 0 Å². The molecule has 0 saturated carbocycles. The summed E-state index contributed by atoms with van der Waals surface area (Å²) in [4.78, 5) is 12.1. The van der Waals surface area contributed by atoms with E-state index < -0.39 is 6.10 Å². The summed E-state index contributed by atoms with van der Waals surface area (Å²) in [6, 6.07) is 0. The fourth-order valence-electron chi connectivity index (χ4n) is 1.77. The molecule has 1 aromatic heterocycles. The van der Waals surface area contributed by atoms with E-state index in [1.165, 1.54) is 6.20 Å². The van der Waals surface area contributed by atoms with Crippen LogP contribution in [0.2, 0.25) is 0 Å². The number of hydrogen-bond donors (Lipinski definition) is 3. The van der Waals surface area contributed by atoms with Gasteiger partial charge in [-0.05, 0) is 19.8 Å². The molecular formula is C10H14N4O2S. The number of anilines is 1. The lowest BCUT2D eigenvalue weighted by atomic mass is 10.2. The van der Waals surface area contributed by atoms with Crippen molar-refractivity contribution in [1.82, 2.24) is 10.2 Å². The molecule has 0 spiro atoms. The minimum atomic E-state index is -0.410. The fraction of sp³-hybridized carbons (Fsp3) is 0.500. The molecule has 1 aliphatic rings. The Labute approximate surface area is 104 Å². The van der Waals surface area contributed by atoms with Crippen LogP contribution in [0.15, 0.2) is 6.20 Å². The molecule has 7 heteroatoms. The number of carbonyl (C=O) groups excluding carboxylic acids is 1. The molecule has 0 aliphatic carbocycles. The maximum Gasteiger partial charge on any atom is 0.254 e. The van der Waals surface area contributed by atoms with Crippen LogP contribution in [-0.2, 0) is 9.53 Å². The van der Waals surface area contributed by atoms with Gasteiger partial charge in [-0.1, -0.05) is 12.2 Å². The van der Waals surface area contributed by atoms with Crippen LogP contribution < -0.4 is 11.1 Å². The third-order valence-corrected chi connectivity index (χ3v) is 2.90. The van der Waals surface area contributed by atoms with Gasteiger partial charge in [-0.15, -0.1) is 0 Å². The molecule has 2 unspecified atom stereocenters. The van der Waals surface area contributed by atoms with Crippen LogP contribution >= 0.6 is 12.2 Å². The third-order valence-electron chi connectivity index (χ3n) is 2.68. The van der Waals surface area contributed by atoms with Gasteiger partial charge in [0.25, 0.3) is 5.91 Å². The highest BCUT2D eigenvalue weighted by molar-refractivity contribution is 7.80. The van der Waals surface area contributed by atoms with Gasteiger partial charge >= 0.3 is 0 Å². The van der Waals surface area contributed by atoms with Gasteiger partial charge in [0.2, 0.25) is 0 Å². The van der Waals surface area contributed by atoms with Gasteiger partial charge in [-0.25, -0.2) is 0 Å². The number of hydrogen-bond acceptors (Lipinski definition) is 4. The molecule has 0 radical (unpaired) electrons. The van der Waals surface area contributed by atoms with E-state index in [2.05, 4.69) is 15.5 Å². The summed E-state index contributed by atoms with van der Waals surface area (Å²) in [5.41, 5.74) is 6.03. The Balaban J connectivity index is 2.03. The molecule has 92 valence electrons. The molecule has 2 heterocycles. The zero-order valence-electron chi connectivity index (χ0n) is 9.40. The number of thiocarbonyl (C=S) groups is 1. The van der Waals surface area contributed by atoms with Crippen molar-refractivity contribution < 1.29 is 9.53 Å². The van der Waals surface area contributed by atoms with Crippen LogP contribution in [0.3, 0.4) is 0 Å². The first-order valence-corrected chi connectivity index (χ1v) is 5.78. The maximum atomic E-state index is 11.9. The van der Waals surface area contributed by atoms with Gasteiger partial charge in [0.05, 0.1) is 17.9 Å². The summed E-state index contributed by atoms with van der Waals surface area (Å²) < 4.78 is 5.46. The van der Waals surface area contributed by atoms with Crippen LogP contribution in [-0.4, -0.2) is 33.3 Å². The summed E-state index contributed by atoms with van der Waals surface area (Å²) in [6.45, 7) is 1.95. The topological polar surface area (TPSA) is 93.0 Å². The van der Waals surface area contributed by atoms with Crippen LogP contribution in [0.4, 0.5) is 5.82 Å². The normalized spacial score (nSPS) is 23.6. The fourth-order valence-corrected chi connectivity index (χ4v) is 1.92. The van der Waals surface area contributed by atoms with E-state index in [4.69, 9.17) is 22.7 Å². The molecule has 0 bridgehead atoms. The number of ether oxygens (including phenoxy) is 1. The third kappa shape index (κ3) is 2.62. The van der Waals surface area contributed by atoms with Gasteiger partial charge < -0.3 is 15.8 Å². The van der Waals surface area contributed by atoms with E-state index in [0.717, 1.165) is 12.8 Å². The summed E-state index contributed by atoms with van der Waals surface area (Å²) in [7, 11) is 0. The van der Waals surface area contributed by atoms with Crippen molar-refractivity contribution in [3.63, 3.8) is 0 Å². The van der Waals surface area contributed by atoms with Crippen molar-refractivity contribution in [2.75, 3.05) is 5.32 Å². The smallest absolute Gasteiger partial charge is 0.254 e. The largest absolute Gasteiger partial charge is 0.389 e. The predicted octanol–water partition coefficient (Wildman–Crippen LogP) is 0.550. The quantitative estimate of drug-likeness (QED) is 0.685. The Bertz CT molecular complexity index is 445. The van der Waals surface area contributed by atoms with Crippen LogP contribution in [0.25, 0.3) is 0 Å². The molecule has 0 aromatic carbocycles. The molecule has 1 amide bonds. The van der Waals surface area contributed by atoms with Crippen molar-refractivity contribution in [1.29, 1.82) is 0 Å². The first-order valence-electron chi connectivity index (χ1n) is 5.37. The highest BCUT2D eigenvalue weighted by Gasteiger charge is 2.28. The Morgan fingerprint density at radius 3 is 3.06 bits per heavy atom. The highest BCUT2D eigenvalue weighted by atomic mass is 32.1. The number of amides is 1. The lowest BCUT2D eigenvalue weighted by molar-refractivity contribution is -0.126. The lowest BCUT2D eigenvalue weighted by Gasteiger charge is -2.11. The van der Waals surface area contributed by atoms with E-state index in [-0.39, 0.29) is 17.0 Å². The number of aromatic nitrogens is 2. The highest BCUT2D eigenvalue weighted by Crippen LogP contribution is 2.21. The second-order valence-corrected chi connectivity index (χ2v) is 4.46. The Hall–Kier alpha value is -1.47. The predicted molar refractivity (Wildman–Crippen MR) is 66.7 cm³/mol. The molecule has 6 nitrogen and oxygen atoms in total. The molecule has 1 saturated heterocycles. The van der Waals surface area contributed by atoms with E-state index in [1.54, 1.807) is 0 Å². The summed E-state index contributed by atoms with van der Waals surface area (Å²) >= 11 is 4.84. The number of H-pyrrole nitrogens is 1. The molecule has 1 aromatic rings. The standard InChI is InChI=1S/C10H14N4O2S/c1-5-2-3-7(16-5)10(15)13-9-6(8(11)17)4-12-14-9/h4-5,7H,2-3H2,1H3,(H2,11,17)(H2,12,13,14,15). The maximum absolute atomic E-state index is 11.9. The van der Waals surface area contributed by atoms with Crippen molar-refractivity contribution in [2.24, 2.45) is 5.73 Å². The molecule has 2 atom stereocenters. The van der Waals surface area contributed by atoms with Gasteiger partial charge in [-0.3, -0.25) is 9.89 Å². The average molecular weight is 254 g/mol. The first-order chi connectivity index (χ1) is 8.08. The van der Waals surface area contributed by atoms with Gasteiger partial charge in [0.15, 0.2) is 0 Å². The van der Waals surface area contributed by atoms with Gasteiger partial charge in [0, 0.05) is 0 Å². The Morgan fingerprint density at radius 1 is 1.71 bits per heavy atom. The molecule has 1 aliphatic heterocycles. The molecular weight excluding hydrogens is 240 g/mol. The summed E-state index contributed by atoms with van der Waals surface area (Å²) in [5, 5.41) is 9.12. The van der Waals surface area contributed by atoms with E-state index in [1.807, 2.05) is 6.92 Å². The SMILES string of the molecule is CC1CCC(C(=O)Nc2[nH]ncc2C(N)=S)O1. The van der Waals surface area contributed by atoms with Crippen LogP contribution in [0.5, 0.6) is 0 Å². The van der Waals surface area contributed by atoms with Gasteiger partial charge in [0.1, 0.15) is 16.9 Å². The second kappa shape index (κ2) is 4.80. The van der Waals surface area contributed by atoms with Gasteiger partial charge in [-0.2, -0.15) is 5.10 Å². The molecule has 1 fully saturated rings. The summed E-state index contributed by atoms with van der Waals surface area (Å²) in [6.07, 6.45) is 2.82. The van der Waals surface area contributed by atoms with Crippen LogP contribution in [0.1, 0.15) is 25.3 Å². The number of nitrogens with zero attached hydrogens (tertiary/aromatic N) is 1. The molecule has 17 heavy (non-hydrogen) atoms. The summed E-state index contributed by atoms with van der Waals surface area (Å²) in [5.74, 6) is 0.224. The minimum absolute atomic E-state index is 0.127. The number of nitrogens with one attached hydrogen (secondary N) is 2. The number of rotatable bonds is 3. The van der Waals surface area contributed by atoms with Crippen molar-refractivity contribution >= 4 is 28.9 Å². The number of carbonyl (C=O) groups is 1. The average Bonchev–Trinajstić information content (AvgIpc) is 2.86. The van der Waals surface area contributed by atoms with E-state index in [9.17, 15) is 4.79 Å². The second-order valence-electron chi connectivity index (χ2n) is 4.02. The number of aromatic amines is 1. The van der Waals surface area contributed by atoms with Crippen molar-refractivity contribution in [2.45, 2.75) is 32.0 Å². The monoisotopic (exact) mass is 254 g/mol. The molecule has 2 rings (SSSR count). The minimum Gasteiger partial charge on any atom is -0.389 e. The van der Waals surface area contributed by atoms with Crippen LogP contribution in [0, 0.1) is 0 Å². The zero-order chi connectivity index (χ0) is 12.4. The number of nitrogens with two attached hydrogens (primary N) is 1.